The molecule has 0 heterocycles. The van der Waals surface area contributed by atoms with Crippen LogP contribution < -0.4 is 20.1 Å². The summed E-state index contributed by atoms with van der Waals surface area (Å²) < 4.78 is 10.6. The zero-order chi connectivity index (χ0) is 18.6. The number of rotatable bonds is 9. The second kappa shape index (κ2) is 11.0. The number of hydrogen-bond acceptors (Lipinski definition) is 3. The molecule has 2 N–H and O–H groups in total. The van der Waals surface area contributed by atoms with Crippen LogP contribution in [0.3, 0.4) is 0 Å². The van der Waals surface area contributed by atoms with Crippen LogP contribution >= 0.6 is 0 Å². The fourth-order valence-corrected chi connectivity index (χ4v) is 2.66. The second-order valence-corrected chi connectivity index (χ2v) is 5.85. The highest BCUT2D eigenvalue weighted by molar-refractivity contribution is 5.79. The molecule has 0 bridgehead atoms. The molecule has 0 unspecified atom stereocenters. The molecule has 0 amide bonds. The van der Waals surface area contributed by atoms with Crippen molar-refractivity contribution in [1.29, 1.82) is 0 Å². The van der Waals surface area contributed by atoms with Gasteiger partial charge in [-0.3, -0.25) is 4.99 Å². The summed E-state index contributed by atoms with van der Waals surface area (Å²) in [4.78, 5) is 4.66. The molecule has 0 spiro atoms. The maximum absolute atomic E-state index is 5.39. The monoisotopic (exact) mass is 355 g/mol. The smallest absolute Gasteiger partial charge is 0.191 e. The first-order valence-electron chi connectivity index (χ1n) is 9.03. The molecule has 0 aliphatic carbocycles. The van der Waals surface area contributed by atoms with Crippen molar-refractivity contribution in [2.75, 3.05) is 33.9 Å². The summed E-state index contributed by atoms with van der Waals surface area (Å²) in [7, 11) is 3.38. The average molecular weight is 355 g/mol. The van der Waals surface area contributed by atoms with E-state index in [-0.39, 0.29) is 0 Å². The molecule has 0 aromatic heterocycles. The molecule has 0 aliphatic rings. The molecular formula is C21H29N3O2. The predicted molar refractivity (Wildman–Crippen MR) is 107 cm³/mol. The Morgan fingerprint density at radius 2 is 1.69 bits per heavy atom. The fraction of sp³-hybridized carbons (Fsp3) is 0.381. The third-order valence-corrected chi connectivity index (χ3v) is 4.05. The Balaban J connectivity index is 1.83. The van der Waals surface area contributed by atoms with E-state index in [0.717, 1.165) is 43.4 Å². The fourth-order valence-electron chi connectivity index (χ4n) is 2.66. The molecule has 2 rings (SSSR count). The Morgan fingerprint density at radius 3 is 2.38 bits per heavy atom. The number of hydrogen-bond donors (Lipinski definition) is 2. The van der Waals surface area contributed by atoms with Crippen molar-refractivity contribution >= 4 is 5.96 Å². The van der Waals surface area contributed by atoms with Gasteiger partial charge in [-0.25, -0.2) is 0 Å². The van der Waals surface area contributed by atoms with Crippen LogP contribution in [0.5, 0.6) is 11.5 Å². The lowest BCUT2D eigenvalue weighted by molar-refractivity contribution is 0.410. The minimum absolute atomic E-state index is 0.707. The minimum atomic E-state index is 0.707. The van der Waals surface area contributed by atoms with E-state index in [2.05, 4.69) is 40.7 Å². The maximum atomic E-state index is 5.39. The summed E-state index contributed by atoms with van der Waals surface area (Å²) in [6.07, 6.45) is 1.78. The van der Waals surface area contributed by atoms with Gasteiger partial charge in [-0.15, -0.1) is 0 Å². The standard InChI is InChI=1S/C21H29N3O2/c1-4-22-21(23-15-13-17-9-11-19(25-2)12-10-17)24-16-14-18-7-5-6-8-20(18)26-3/h5-12H,4,13-16H2,1-3H3,(H2,22,23,24). The Morgan fingerprint density at radius 1 is 0.923 bits per heavy atom. The van der Waals surface area contributed by atoms with Crippen LogP contribution in [0.1, 0.15) is 18.1 Å². The average Bonchev–Trinajstić information content (AvgIpc) is 2.69. The summed E-state index contributed by atoms with van der Waals surface area (Å²) in [6, 6.07) is 16.2. The summed E-state index contributed by atoms with van der Waals surface area (Å²) in [5.41, 5.74) is 2.44. The van der Waals surface area contributed by atoms with Gasteiger partial charge in [-0.1, -0.05) is 30.3 Å². The van der Waals surface area contributed by atoms with Gasteiger partial charge in [0, 0.05) is 19.6 Å². The van der Waals surface area contributed by atoms with Crippen molar-refractivity contribution in [2.45, 2.75) is 19.8 Å². The summed E-state index contributed by atoms with van der Waals surface area (Å²) in [5, 5.41) is 6.68. The van der Waals surface area contributed by atoms with E-state index in [4.69, 9.17) is 9.47 Å². The highest BCUT2D eigenvalue weighted by Gasteiger charge is 2.02. The van der Waals surface area contributed by atoms with E-state index in [0.29, 0.717) is 6.54 Å². The van der Waals surface area contributed by atoms with Crippen LogP contribution in [0.15, 0.2) is 53.5 Å². The lowest BCUT2D eigenvalue weighted by Gasteiger charge is -2.12. The van der Waals surface area contributed by atoms with Crippen LogP contribution in [-0.4, -0.2) is 39.8 Å². The molecule has 0 atom stereocenters. The van der Waals surface area contributed by atoms with Gasteiger partial charge in [0.1, 0.15) is 11.5 Å². The highest BCUT2D eigenvalue weighted by Crippen LogP contribution is 2.17. The van der Waals surface area contributed by atoms with Gasteiger partial charge >= 0.3 is 0 Å². The van der Waals surface area contributed by atoms with E-state index in [1.807, 2.05) is 30.3 Å². The van der Waals surface area contributed by atoms with Crippen molar-refractivity contribution < 1.29 is 9.47 Å². The second-order valence-electron chi connectivity index (χ2n) is 5.85. The van der Waals surface area contributed by atoms with Crippen LogP contribution in [0.4, 0.5) is 0 Å². The maximum Gasteiger partial charge on any atom is 0.191 e. The van der Waals surface area contributed by atoms with Crippen LogP contribution in [0.2, 0.25) is 0 Å². The normalized spacial score (nSPS) is 11.1. The van der Waals surface area contributed by atoms with Crippen molar-refractivity contribution in [3.05, 3.63) is 59.7 Å². The molecule has 5 nitrogen and oxygen atoms in total. The minimum Gasteiger partial charge on any atom is -0.497 e. The van der Waals surface area contributed by atoms with Gasteiger partial charge in [0.2, 0.25) is 0 Å². The third kappa shape index (κ3) is 6.31. The molecule has 0 radical (unpaired) electrons. The molecule has 0 saturated heterocycles. The first kappa shape index (κ1) is 19.6. The SMILES string of the molecule is CCNC(=NCCc1ccccc1OC)NCCc1ccc(OC)cc1. The Labute approximate surface area is 156 Å². The largest absolute Gasteiger partial charge is 0.497 e. The number of nitrogens with zero attached hydrogens (tertiary/aromatic N) is 1. The summed E-state index contributed by atoms with van der Waals surface area (Å²) in [5.74, 6) is 2.64. The number of nitrogens with one attached hydrogen (secondary N) is 2. The first-order chi connectivity index (χ1) is 12.8. The van der Waals surface area contributed by atoms with E-state index < -0.39 is 0 Å². The van der Waals surface area contributed by atoms with Crippen molar-refractivity contribution in [1.82, 2.24) is 10.6 Å². The third-order valence-electron chi connectivity index (χ3n) is 4.05. The molecule has 2 aromatic rings. The lowest BCUT2D eigenvalue weighted by atomic mass is 10.1. The first-order valence-corrected chi connectivity index (χ1v) is 9.03. The van der Waals surface area contributed by atoms with Gasteiger partial charge in [-0.2, -0.15) is 0 Å². The number of methoxy groups -OCH3 is 2. The van der Waals surface area contributed by atoms with Gasteiger partial charge in [0.05, 0.1) is 14.2 Å². The van der Waals surface area contributed by atoms with Crippen LogP contribution in [0, 0.1) is 0 Å². The molecule has 5 heteroatoms. The predicted octanol–water partition coefficient (Wildman–Crippen LogP) is 3.04. The van der Waals surface area contributed by atoms with Gasteiger partial charge in [-0.05, 0) is 49.1 Å². The molecule has 0 saturated carbocycles. The lowest BCUT2D eigenvalue weighted by Crippen LogP contribution is -2.38. The molecule has 2 aromatic carbocycles. The number of aliphatic imine (C=N–C) groups is 1. The number of benzene rings is 2. The molecule has 0 aliphatic heterocycles. The van der Waals surface area contributed by atoms with Crippen LogP contribution in [-0.2, 0) is 12.8 Å². The van der Waals surface area contributed by atoms with E-state index in [1.54, 1.807) is 14.2 Å². The summed E-state index contributed by atoms with van der Waals surface area (Å²) in [6.45, 7) is 4.44. The van der Waals surface area contributed by atoms with E-state index >= 15 is 0 Å². The number of guanidine groups is 1. The topological polar surface area (TPSA) is 54.9 Å². The highest BCUT2D eigenvalue weighted by atomic mass is 16.5. The van der Waals surface area contributed by atoms with Gasteiger partial charge in [0.25, 0.3) is 0 Å². The Hall–Kier alpha value is -2.69. The summed E-state index contributed by atoms with van der Waals surface area (Å²) >= 11 is 0. The Bertz CT molecular complexity index is 684. The molecule has 0 fully saturated rings. The van der Waals surface area contributed by atoms with Crippen molar-refractivity contribution in [3.63, 3.8) is 0 Å². The zero-order valence-corrected chi connectivity index (χ0v) is 15.9. The van der Waals surface area contributed by atoms with Gasteiger partial charge in [0.15, 0.2) is 5.96 Å². The van der Waals surface area contributed by atoms with Crippen LogP contribution in [0.25, 0.3) is 0 Å². The molecular weight excluding hydrogens is 326 g/mol. The quantitative estimate of drug-likeness (QED) is 0.536. The number of ether oxygens (including phenoxy) is 2. The molecule has 26 heavy (non-hydrogen) atoms. The Kier molecular flexibility index (Phi) is 8.33. The number of para-hydroxylation sites is 1. The van der Waals surface area contributed by atoms with Crippen molar-refractivity contribution in [3.8, 4) is 11.5 Å². The molecule has 140 valence electrons. The van der Waals surface area contributed by atoms with E-state index in [9.17, 15) is 0 Å². The van der Waals surface area contributed by atoms with Crippen molar-refractivity contribution in [2.24, 2.45) is 4.99 Å². The zero-order valence-electron chi connectivity index (χ0n) is 15.9. The van der Waals surface area contributed by atoms with E-state index in [1.165, 1.54) is 11.1 Å². The van der Waals surface area contributed by atoms with Gasteiger partial charge < -0.3 is 20.1 Å².